The maximum absolute atomic E-state index is 14.7. The Morgan fingerprint density at radius 3 is 1.81 bits per heavy atom. The second kappa shape index (κ2) is 10.2. The lowest BCUT2D eigenvalue weighted by Crippen LogP contribution is -2.43. The van der Waals surface area contributed by atoms with Crippen molar-refractivity contribution in [2.24, 2.45) is 29.6 Å². The largest absolute Gasteiger partial charge is 0.505 e. The van der Waals surface area contributed by atoms with Gasteiger partial charge in [0, 0.05) is 13.1 Å². The maximum Gasteiger partial charge on any atom is 0.238 e. The van der Waals surface area contributed by atoms with Crippen molar-refractivity contribution in [3.8, 4) is 5.75 Å². The molecular weight excluding hydrogens is 765 g/mol. The summed E-state index contributed by atoms with van der Waals surface area (Å²) in [6.45, 7) is 0. The van der Waals surface area contributed by atoms with Crippen LogP contribution in [0.15, 0.2) is 78.4 Å². The van der Waals surface area contributed by atoms with E-state index in [-0.39, 0.29) is 30.0 Å². The van der Waals surface area contributed by atoms with Crippen molar-refractivity contribution in [1.29, 1.82) is 0 Å². The Hall–Kier alpha value is -3.13. The van der Waals surface area contributed by atoms with Crippen LogP contribution in [0.3, 0.4) is 0 Å². The Labute approximate surface area is 268 Å². The number of allylic oxidation sites excluding steroid dienone is 2. The van der Waals surface area contributed by atoms with Gasteiger partial charge < -0.3 is 5.11 Å². The number of phenolic OH excluding ortho intramolecular Hbond substituents is 1. The molecule has 0 spiro atoms. The number of benzene rings is 3. The SMILES string of the molecule is O=C1C2CC=C3C(CC4C(=O)N(c5ccc(I)cc5)C(=O)C4C3c3ccc(O)c(F)c3)C2C(=O)N1c1ccc(I)cc1. The van der Waals surface area contributed by atoms with E-state index in [1.54, 1.807) is 30.3 Å². The predicted octanol–water partition coefficient (Wildman–Crippen LogP) is 5.79. The van der Waals surface area contributed by atoms with Crippen LogP contribution in [0.25, 0.3) is 0 Å². The van der Waals surface area contributed by atoms with Crippen molar-refractivity contribution < 1.29 is 28.7 Å². The zero-order valence-corrected chi connectivity index (χ0v) is 26.2. The monoisotopic (exact) mass is 788 g/mol. The lowest BCUT2D eigenvalue weighted by molar-refractivity contribution is -0.126. The van der Waals surface area contributed by atoms with Crippen LogP contribution in [0.1, 0.15) is 24.3 Å². The van der Waals surface area contributed by atoms with Crippen LogP contribution in [0.5, 0.6) is 5.75 Å². The molecule has 6 unspecified atom stereocenters. The molecule has 3 fully saturated rings. The number of nitrogens with zero attached hydrogens (tertiary/aromatic N) is 2. The summed E-state index contributed by atoms with van der Waals surface area (Å²) in [5, 5.41) is 9.90. The average molecular weight is 788 g/mol. The molecule has 3 aromatic carbocycles. The fraction of sp³-hybridized carbons (Fsp3) is 0.250. The van der Waals surface area contributed by atoms with Crippen LogP contribution in [0.4, 0.5) is 15.8 Å². The molecule has 42 heavy (non-hydrogen) atoms. The molecule has 1 N–H and O–H groups in total. The van der Waals surface area contributed by atoms with Gasteiger partial charge in [-0.25, -0.2) is 4.39 Å². The van der Waals surface area contributed by atoms with Gasteiger partial charge in [0.15, 0.2) is 11.6 Å². The first kappa shape index (κ1) is 27.7. The third-order valence-corrected chi connectivity index (χ3v) is 10.6. The van der Waals surface area contributed by atoms with Gasteiger partial charge in [0.1, 0.15) is 0 Å². The maximum atomic E-state index is 14.7. The van der Waals surface area contributed by atoms with Gasteiger partial charge in [-0.3, -0.25) is 29.0 Å². The summed E-state index contributed by atoms with van der Waals surface area (Å²) >= 11 is 4.31. The normalized spacial score (nSPS) is 28.5. The molecule has 2 aliphatic carbocycles. The van der Waals surface area contributed by atoms with Crippen molar-refractivity contribution in [3.63, 3.8) is 0 Å². The highest BCUT2D eigenvalue weighted by molar-refractivity contribution is 14.1. The van der Waals surface area contributed by atoms with Gasteiger partial charge in [-0.1, -0.05) is 17.7 Å². The Morgan fingerprint density at radius 1 is 0.690 bits per heavy atom. The molecule has 0 bridgehead atoms. The van der Waals surface area contributed by atoms with Crippen LogP contribution in [0, 0.1) is 42.5 Å². The molecule has 1 saturated carbocycles. The number of hydrogen-bond acceptors (Lipinski definition) is 5. The summed E-state index contributed by atoms with van der Waals surface area (Å²) in [7, 11) is 0. The molecule has 10 heteroatoms. The molecule has 2 aliphatic heterocycles. The minimum atomic E-state index is -0.830. The van der Waals surface area contributed by atoms with Gasteiger partial charge in [-0.15, -0.1) is 0 Å². The Kier molecular flexibility index (Phi) is 6.76. The average Bonchev–Trinajstić information content (AvgIpc) is 3.38. The van der Waals surface area contributed by atoms with Gasteiger partial charge in [-0.05, 0) is 130 Å². The van der Waals surface area contributed by atoms with Crippen molar-refractivity contribution in [2.45, 2.75) is 18.8 Å². The molecule has 6 atom stereocenters. The molecule has 0 aromatic heterocycles. The fourth-order valence-electron chi connectivity index (χ4n) is 7.37. The molecule has 2 saturated heterocycles. The lowest BCUT2D eigenvalue weighted by Gasteiger charge is -2.44. The van der Waals surface area contributed by atoms with Gasteiger partial charge in [0.25, 0.3) is 0 Å². The van der Waals surface area contributed by atoms with Crippen LogP contribution in [-0.4, -0.2) is 28.7 Å². The first-order valence-corrected chi connectivity index (χ1v) is 15.8. The number of rotatable bonds is 3. The molecule has 3 aromatic rings. The number of carbonyl (C=O) groups excluding carboxylic acids is 4. The number of hydrogen-bond donors (Lipinski definition) is 1. The van der Waals surface area contributed by atoms with Gasteiger partial charge in [0.2, 0.25) is 23.6 Å². The first-order chi connectivity index (χ1) is 20.2. The van der Waals surface area contributed by atoms with E-state index in [0.29, 0.717) is 23.4 Å². The first-order valence-electron chi connectivity index (χ1n) is 13.6. The standard InChI is InChI=1S/C32H23FI2N2O5/c33-24-13-15(1-12-25(24)38)26-20-10-11-21-27(31(41)36(29(21)39)18-6-2-16(34)3-7-18)22(20)14-23-28(26)32(42)37(30(23)40)19-8-4-17(35)5-9-19/h1-10,12-13,21-23,26-28,38H,11,14H2. The van der Waals surface area contributed by atoms with E-state index in [4.69, 9.17) is 0 Å². The molecule has 7 rings (SSSR count). The highest BCUT2D eigenvalue weighted by atomic mass is 127. The van der Waals surface area contributed by atoms with Crippen LogP contribution >= 0.6 is 45.2 Å². The van der Waals surface area contributed by atoms with Crippen LogP contribution in [0.2, 0.25) is 0 Å². The summed E-state index contributed by atoms with van der Waals surface area (Å²) < 4.78 is 16.6. The number of halogens is 3. The van der Waals surface area contributed by atoms with E-state index >= 15 is 0 Å². The third-order valence-electron chi connectivity index (χ3n) is 9.15. The van der Waals surface area contributed by atoms with E-state index in [9.17, 15) is 28.7 Å². The van der Waals surface area contributed by atoms with E-state index < -0.39 is 47.1 Å². The van der Waals surface area contributed by atoms with Crippen molar-refractivity contribution in [3.05, 3.63) is 96.9 Å². The van der Waals surface area contributed by atoms with Gasteiger partial charge >= 0.3 is 0 Å². The molecule has 4 amide bonds. The Morgan fingerprint density at radius 2 is 1.24 bits per heavy atom. The predicted molar refractivity (Wildman–Crippen MR) is 169 cm³/mol. The molecule has 7 nitrogen and oxygen atoms in total. The van der Waals surface area contributed by atoms with Crippen LogP contribution in [-0.2, 0) is 19.2 Å². The van der Waals surface area contributed by atoms with Crippen molar-refractivity contribution >= 4 is 80.2 Å². The second-order valence-corrected chi connectivity index (χ2v) is 13.7. The van der Waals surface area contributed by atoms with Gasteiger partial charge in [-0.2, -0.15) is 0 Å². The number of amides is 4. The fourth-order valence-corrected chi connectivity index (χ4v) is 8.09. The number of anilines is 2. The zero-order chi connectivity index (χ0) is 29.4. The minimum Gasteiger partial charge on any atom is -0.505 e. The third kappa shape index (κ3) is 4.15. The van der Waals surface area contributed by atoms with E-state index in [1.165, 1.54) is 21.9 Å². The minimum absolute atomic E-state index is 0.236. The zero-order valence-electron chi connectivity index (χ0n) is 21.9. The summed E-state index contributed by atoms with van der Waals surface area (Å²) in [6, 6.07) is 18.3. The number of aromatic hydroxyl groups is 1. The summed E-state index contributed by atoms with van der Waals surface area (Å²) in [5.41, 5.74) is 2.19. The second-order valence-electron chi connectivity index (χ2n) is 11.2. The summed E-state index contributed by atoms with van der Waals surface area (Å²) in [5.74, 6) is -6.68. The van der Waals surface area contributed by atoms with Crippen molar-refractivity contribution in [1.82, 2.24) is 0 Å². The van der Waals surface area contributed by atoms with Crippen LogP contribution < -0.4 is 9.80 Å². The number of imide groups is 2. The quantitative estimate of drug-likeness (QED) is 0.206. The molecule has 4 aliphatic rings. The summed E-state index contributed by atoms with van der Waals surface area (Å²) in [4.78, 5) is 58.1. The molecular formula is C32H23FI2N2O5. The van der Waals surface area contributed by atoms with Crippen molar-refractivity contribution in [2.75, 3.05) is 9.80 Å². The van der Waals surface area contributed by atoms with Gasteiger partial charge in [0.05, 0.1) is 35.0 Å². The van der Waals surface area contributed by atoms with E-state index in [2.05, 4.69) is 45.2 Å². The highest BCUT2D eigenvalue weighted by Gasteiger charge is 2.62. The number of fused-ring (bicyclic) bond motifs is 4. The molecule has 0 radical (unpaired) electrons. The van der Waals surface area contributed by atoms with E-state index in [1.807, 2.05) is 30.3 Å². The smallest absolute Gasteiger partial charge is 0.238 e. The Balaban J connectivity index is 1.33. The van der Waals surface area contributed by atoms with E-state index in [0.717, 1.165) is 12.7 Å². The summed E-state index contributed by atoms with van der Waals surface area (Å²) in [6.07, 6.45) is 2.46. The topological polar surface area (TPSA) is 95.0 Å². The lowest BCUT2D eigenvalue weighted by atomic mass is 9.57. The Bertz CT molecular complexity index is 1710. The number of phenols is 1. The number of carbonyl (C=O) groups is 4. The molecule has 2 heterocycles. The highest BCUT2D eigenvalue weighted by Crippen LogP contribution is 2.58. The molecule has 212 valence electrons.